The number of nitrogens with zero attached hydrogens (tertiary/aromatic N) is 6. The van der Waals surface area contributed by atoms with Gasteiger partial charge in [-0.15, -0.1) is 10.2 Å². The molecule has 2 aliphatic heterocycles. The van der Waals surface area contributed by atoms with E-state index in [4.69, 9.17) is 9.47 Å². The zero-order valence-corrected chi connectivity index (χ0v) is 23.8. The van der Waals surface area contributed by atoms with Crippen LogP contribution in [0.3, 0.4) is 0 Å². The average Bonchev–Trinajstić information content (AvgIpc) is 3.74. The van der Waals surface area contributed by atoms with Crippen molar-refractivity contribution in [3.63, 3.8) is 0 Å². The van der Waals surface area contributed by atoms with Gasteiger partial charge in [-0.1, -0.05) is 11.3 Å². The molecule has 0 saturated carbocycles. The first kappa shape index (κ1) is 27.4. The molecule has 6 rings (SSSR count). The van der Waals surface area contributed by atoms with Gasteiger partial charge in [-0.2, -0.15) is 8.42 Å². The molecule has 3 aromatic heterocycles. The maximum atomic E-state index is 14.5. The minimum Gasteiger partial charge on any atom is -0.490 e. The van der Waals surface area contributed by atoms with Crippen molar-refractivity contribution in [2.45, 2.75) is 37.8 Å². The topological polar surface area (TPSA) is 131 Å². The number of rotatable bonds is 8. The van der Waals surface area contributed by atoms with Gasteiger partial charge in [-0.05, 0) is 43.2 Å². The second kappa shape index (κ2) is 11.2. The molecule has 15 heteroatoms. The summed E-state index contributed by atoms with van der Waals surface area (Å²) in [6.45, 7) is 1.98. The Balaban J connectivity index is 1.27. The molecule has 2 saturated heterocycles. The lowest BCUT2D eigenvalue weighted by Gasteiger charge is -2.30. The number of ether oxygens (including phenoxy) is 2. The Morgan fingerprint density at radius 2 is 2.05 bits per heavy atom. The Morgan fingerprint density at radius 1 is 1.22 bits per heavy atom. The Bertz CT molecular complexity index is 1660. The fourth-order valence-corrected chi connectivity index (χ4v) is 6.78. The minimum absolute atomic E-state index is 0.00775. The van der Waals surface area contributed by atoms with Crippen molar-refractivity contribution in [1.29, 1.82) is 0 Å². The van der Waals surface area contributed by atoms with E-state index in [-0.39, 0.29) is 28.8 Å². The van der Waals surface area contributed by atoms with E-state index in [2.05, 4.69) is 24.8 Å². The molecule has 216 valence electrons. The molecule has 2 fully saturated rings. The Morgan fingerprint density at radius 3 is 2.83 bits per heavy atom. The molecule has 0 aliphatic carbocycles. The molecule has 0 spiro atoms. The number of fused-ring (bicyclic) bond motifs is 1. The van der Waals surface area contributed by atoms with Gasteiger partial charge in [0, 0.05) is 38.2 Å². The predicted octanol–water partition coefficient (Wildman–Crippen LogP) is 3.34. The number of pyridine rings is 1. The highest BCUT2D eigenvalue weighted by molar-refractivity contribution is 7.91. The second-order valence-electron chi connectivity index (χ2n) is 9.85. The zero-order chi connectivity index (χ0) is 28.6. The van der Waals surface area contributed by atoms with E-state index in [1.165, 1.54) is 30.9 Å². The van der Waals surface area contributed by atoms with Crippen molar-refractivity contribution in [2.75, 3.05) is 36.0 Å². The monoisotopic (exact) mass is 601 g/mol. The van der Waals surface area contributed by atoms with Gasteiger partial charge in [0.2, 0.25) is 5.13 Å². The number of hydrogen-bond acceptors (Lipinski definition) is 10. The Labute approximate surface area is 239 Å². The molecule has 0 bridgehead atoms. The summed E-state index contributed by atoms with van der Waals surface area (Å²) in [5, 5.41) is 7.49. The van der Waals surface area contributed by atoms with Crippen LogP contribution in [0.15, 0.2) is 48.2 Å². The van der Waals surface area contributed by atoms with Crippen LogP contribution in [-0.4, -0.2) is 66.8 Å². The number of aromatic nitrogens is 4. The van der Waals surface area contributed by atoms with E-state index >= 15 is 0 Å². The first-order valence-electron chi connectivity index (χ1n) is 13.1. The lowest BCUT2D eigenvalue weighted by molar-refractivity contribution is 0.0250. The number of nitrogens with one attached hydrogen (secondary N) is 1. The summed E-state index contributed by atoms with van der Waals surface area (Å²) in [4.78, 5) is 19.5. The van der Waals surface area contributed by atoms with Crippen LogP contribution in [0.5, 0.6) is 5.75 Å². The normalized spacial score (nSPS) is 18.1. The van der Waals surface area contributed by atoms with Gasteiger partial charge in [-0.3, -0.25) is 9.20 Å². The molecule has 1 amide bonds. The van der Waals surface area contributed by atoms with Gasteiger partial charge in [0.1, 0.15) is 34.5 Å². The average molecular weight is 602 g/mol. The zero-order valence-electron chi connectivity index (χ0n) is 22.1. The van der Waals surface area contributed by atoms with E-state index < -0.39 is 16.1 Å². The third kappa shape index (κ3) is 5.56. The van der Waals surface area contributed by atoms with E-state index in [0.29, 0.717) is 31.2 Å². The largest absolute Gasteiger partial charge is 0.490 e. The number of imidazole rings is 1. The minimum atomic E-state index is -4.24. The van der Waals surface area contributed by atoms with Crippen molar-refractivity contribution in [1.82, 2.24) is 24.3 Å². The summed E-state index contributed by atoms with van der Waals surface area (Å²) in [6, 6.07) is 8.13. The first-order chi connectivity index (χ1) is 19.8. The summed E-state index contributed by atoms with van der Waals surface area (Å²) in [5.41, 5.74) is 3.45. The first-order valence-corrected chi connectivity index (χ1v) is 15.5. The lowest BCUT2D eigenvalue weighted by atomic mass is 10.0. The van der Waals surface area contributed by atoms with Crippen molar-refractivity contribution in [3.05, 3.63) is 65.3 Å². The molecule has 2 aliphatic rings. The van der Waals surface area contributed by atoms with Crippen LogP contribution in [0.25, 0.3) is 5.65 Å². The lowest BCUT2D eigenvalue weighted by Crippen LogP contribution is -2.42. The maximum Gasteiger partial charge on any atom is 0.328 e. The predicted molar refractivity (Wildman–Crippen MR) is 150 cm³/mol. The number of carbonyl (C=O) groups excluding carboxylic acids is 1. The Hall–Kier alpha value is -3.82. The van der Waals surface area contributed by atoms with Crippen molar-refractivity contribution >= 4 is 43.9 Å². The molecule has 0 radical (unpaired) electrons. The van der Waals surface area contributed by atoms with Crippen LogP contribution >= 0.6 is 11.3 Å². The van der Waals surface area contributed by atoms with Crippen LogP contribution in [0.4, 0.5) is 15.2 Å². The molecule has 1 atom stereocenters. The van der Waals surface area contributed by atoms with Gasteiger partial charge in [0.25, 0.3) is 5.91 Å². The van der Waals surface area contributed by atoms with Crippen LogP contribution in [0, 0.1) is 5.82 Å². The number of halogens is 1. The quantitative estimate of drug-likeness (QED) is 0.323. The molecule has 41 heavy (non-hydrogen) atoms. The van der Waals surface area contributed by atoms with Gasteiger partial charge in [0.15, 0.2) is 0 Å². The number of carbonyl (C=O) groups is 1. The summed E-state index contributed by atoms with van der Waals surface area (Å²) in [7, 11) is -2.96. The highest BCUT2D eigenvalue weighted by Gasteiger charge is 2.31. The standard InChI is InChI=1S/C26H28FN7O5S2/c1-32(26-30-29-16-40-26)41(36,37)31-25(35)22-14-28-24-7-5-18(15-34(22)24)33-10-2-3-21(33)20-13-17(27)4-6-23(20)39-19-8-11-38-12-9-19/h4-7,13-16,19,21H,2-3,8-12H2,1H3,(H,31,35)/t21-/m1/s1. The molecule has 5 heterocycles. The molecule has 1 N–H and O–H groups in total. The Kier molecular flexibility index (Phi) is 7.48. The molecular formula is C26H28FN7O5S2. The van der Waals surface area contributed by atoms with E-state index in [1.54, 1.807) is 22.7 Å². The van der Waals surface area contributed by atoms with Gasteiger partial charge in [0.05, 0.1) is 31.1 Å². The van der Waals surface area contributed by atoms with Crippen molar-refractivity contribution in [3.8, 4) is 5.75 Å². The van der Waals surface area contributed by atoms with Crippen molar-refractivity contribution < 1.29 is 27.1 Å². The van der Waals surface area contributed by atoms with Gasteiger partial charge < -0.3 is 14.4 Å². The summed E-state index contributed by atoms with van der Waals surface area (Å²) >= 11 is 1.02. The fraction of sp³-hybridized carbons (Fsp3) is 0.385. The highest BCUT2D eigenvalue weighted by Crippen LogP contribution is 2.41. The van der Waals surface area contributed by atoms with Crippen molar-refractivity contribution in [2.24, 2.45) is 0 Å². The number of anilines is 2. The SMILES string of the molecule is CN(c1nncs1)S(=O)(=O)NC(=O)c1cnc2ccc(N3CCC[C@@H]3c3cc(F)ccc3OC3CCOCC3)cn12. The van der Waals surface area contributed by atoms with E-state index in [0.717, 1.165) is 52.6 Å². The third-order valence-corrected chi connectivity index (χ3v) is 9.52. The number of amides is 1. The molecule has 4 aromatic rings. The van der Waals surface area contributed by atoms with Crippen LogP contribution in [0.1, 0.15) is 47.8 Å². The van der Waals surface area contributed by atoms with E-state index in [1.807, 2.05) is 6.07 Å². The van der Waals surface area contributed by atoms with Gasteiger partial charge >= 0.3 is 10.2 Å². The highest BCUT2D eigenvalue weighted by atomic mass is 32.2. The smallest absolute Gasteiger partial charge is 0.328 e. The fourth-order valence-electron chi connectivity index (χ4n) is 5.21. The molecular weight excluding hydrogens is 573 g/mol. The van der Waals surface area contributed by atoms with Gasteiger partial charge in [-0.25, -0.2) is 18.4 Å². The van der Waals surface area contributed by atoms with Crippen LogP contribution < -0.4 is 18.7 Å². The molecule has 1 aromatic carbocycles. The number of hydrogen-bond donors (Lipinski definition) is 1. The summed E-state index contributed by atoms with van der Waals surface area (Å²) < 4.78 is 56.3. The second-order valence-corrected chi connectivity index (χ2v) is 12.4. The summed E-state index contributed by atoms with van der Waals surface area (Å²) in [6.07, 6.45) is 6.30. The maximum absolute atomic E-state index is 14.5. The van der Waals surface area contributed by atoms with Crippen LogP contribution in [-0.2, 0) is 14.9 Å². The third-order valence-electron chi connectivity index (χ3n) is 7.30. The van der Waals surface area contributed by atoms with E-state index in [9.17, 15) is 17.6 Å². The number of benzene rings is 1. The van der Waals surface area contributed by atoms with Crippen LogP contribution in [0.2, 0.25) is 0 Å². The summed E-state index contributed by atoms with van der Waals surface area (Å²) in [5.74, 6) is -0.528. The molecule has 12 nitrogen and oxygen atoms in total. The molecule has 0 unspecified atom stereocenters.